The Balaban J connectivity index is 0. The molecule has 0 bridgehead atoms. The van der Waals surface area contributed by atoms with Crippen molar-refractivity contribution in [2.45, 2.75) is 180 Å². The van der Waals surface area contributed by atoms with Gasteiger partial charge in [0.05, 0.1) is 13.2 Å². The van der Waals surface area contributed by atoms with Gasteiger partial charge in [-0.3, -0.25) is 9.59 Å². The van der Waals surface area contributed by atoms with Crippen LogP contribution in [0.1, 0.15) is 168 Å². The SMILES string of the molecule is CCCCCCCCCCCCCC(=O)OCC(O)CO.CCCCCCCCCCCCCC(=O)OCC(O)CO. The zero-order valence-electron chi connectivity index (χ0n) is 27.4. The van der Waals surface area contributed by atoms with Crippen LogP contribution >= 0.6 is 0 Å². The van der Waals surface area contributed by atoms with Gasteiger partial charge in [0.1, 0.15) is 25.4 Å². The smallest absolute Gasteiger partial charge is 0.305 e. The van der Waals surface area contributed by atoms with E-state index in [0.29, 0.717) is 12.8 Å². The summed E-state index contributed by atoms with van der Waals surface area (Å²) in [7, 11) is 0. The van der Waals surface area contributed by atoms with Crippen molar-refractivity contribution in [3.05, 3.63) is 0 Å². The molecule has 252 valence electrons. The number of hydrogen-bond acceptors (Lipinski definition) is 8. The van der Waals surface area contributed by atoms with Crippen LogP contribution in [-0.2, 0) is 19.1 Å². The Hall–Kier alpha value is -1.22. The molecule has 2 atom stereocenters. The molecular weight excluding hydrogens is 536 g/mol. The van der Waals surface area contributed by atoms with E-state index in [1.54, 1.807) is 0 Å². The topological polar surface area (TPSA) is 134 Å². The highest BCUT2D eigenvalue weighted by Crippen LogP contribution is 2.13. The number of carbonyl (C=O) groups excluding carboxylic acids is 2. The van der Waals surface area contributed by atoms with Crippen molar-refractivity contribution in [1.82, 2.24) is 0 Å². The molecule has 8 heteroatoms. The molecule has 0 saturated heterocycles. The predicted molar refractivity (Wildman–Crippen MR) is 170 cm³/mol. The first-order valence-corrected chi connectivity index (χ1v) is 17.3. The van der Waals surface area contributed by atoms with Crippen LogP contribution in [0, 0.1) is 0 Å². The predicted octanol–water partition coefficient (Wildman–Crippen LogP) is 7.17. The Bertz CT molecular complexity index is 510. The Morgan fingerprint density at radius 1 is 0.452 bits per heavy atom. The van der Waals surface area contributed by atoms with Gasteiger partial charge in [0, 0.05) is 12.8 Å². The molecule has 0 fully saturated rings. The highest BCUT2D eigenvalue weighted by Gasteiger charge is 2.08. The molecule has 0 aromatic heterocycles. The lowest BCUT2D eigenvalue weighted by molar-refractivity contribution is -0.148. The largest absolute Gasteiger partial charge is 0.463 e. The third-order valence-electron chi connectivity index (χ3n) is 7.26. The lowest BCUT2D eigenvalue weighted by atomic mass is 10.1. The second kappa shape index (κ2) is 36.0. The first kappa shape index (κ1) is 42.9. The van der Waals surface area contributed by atoms with E-state index in [4.69, 9.17) is 29.9 Å². The summed E-state index contributed by atoms with van der Waals surface area (Å²) in [5.41, 5.74) is 0. The van der Waals surface area contributed by atoms with Gasteiger partial charge >= 0.3 is 11.9 Å². The first-order chi connectivity index (χ1) is 20.4. The quantitative estimate of drug-likeness (QED) is 0.0501. The van der Waals surface area contributed by atoms with Crippen molar-refractivity contribution < 1.29 is 39.5 Å². The summed E-state index contributed by atoms with van der Waals surface area (Å²) in [4.78, 5) is 22.6. The Morgan fingerprint density at radius 2 is 0.690 bits per heavy atom. The van der Waals surface area contributed by atoms with E-state index in [1.165, 1.54) is 116 Å². The van der Waals surface area contributed by atoms with Crippen LogP contribution in [0.3, 0.4) is 0 Å². The fourth-order valence-corrected chi connectivity index (χ4v) is 4.50. The van der Waals surface area contributed by atoms with Gasteiger partial charge in [-0.2, -0.15) is 0 Å². The molecule has 0 aliphatic rings. The fourth-order valence-electron chi connectivity index (χ4n) is 4.50. The third-order valence-corrected chi connectivity index (χ3v) is 7.26. The zero-order chi connectivity index (χ0) is 31.5. The van der Waals surface area contributed by atoms with Gasteiger partial charge in [-0.25, -0.2) is 0 Å². The molecular formula is C34H68O8. The minimum Gasteiger partial charge on any atom is -0.463 e. The summed E-state index contributed by atoms with van der Waals surface area (Å²) < 4.78 is 9.68. The molecule has 0 saturated carbocycles. The summed E-state index contributed by atoms with van der Waals surface area (Å²) in [5, 5.41) is 35.2. The third kappa shape index (κ3) is 36.8. The molecule has 0 aromatic rings. The number of aliphatic hydroxyl groups is 4. The molecule has 8 nitrogen and oxygen atoms in total. The Kier molecular flexibility index (Phi) is 36.8. The van der Waals surface area contributed by atoms with Crippen molar-refractivity contribution >= 4 is 11.9 Å². The van der Waals surface area contributed by atoms with Crippen molar-refractivity contribution in [2.24, 2.45) is 0 Å². The standard InChI is InChI=1S/2C17H34O4/c2*1-2-3-4-5-6-7-8-9-10-11-12-13-17(20)21-15-16(19)14-18/h2*16,18-19H,2-15H2,1H3. The average Bonchev–Trinajstić information content (AvgIpc) is 3.00. The van der Waals surface area contributed by atoms with Crippen molar-refractivity contribution in [3.8, 4) is 0 Å². The van der Waals surface area contributed by atoms with E-state index in [9.17, 15) is 9.59 Å². The van der Waals surface area contributed by atoms with E-state index in [-0.39, 0.29) is 38.4 Å². The molecule has 0 rings (SSSR count). The van der Waals surface area contributed by atoms with Gasteiger partial charge in [-0.1, -0.05) is 142 Å². The number of unbranched alkanes of at least 4 members (excludes halogenated alkanes) is 20. The van der Waals surface area contributed by atoms with Gasteiger partial charge in [0.25, 0.3) is 0 Å². The summed E-state index contributed by atoms with van der Waals surface area (Å²) in [5.74, 6) is -0.558. The molecule has 0 aliphatic heterocycles. The highest BCUT2D eigenvalue weighted by molar-refractivity contribution is 5.69. The van der Waals surface area contributed by atoms with Crippen LogP contribution in [-0.4, -0.2) is 71.0 Å². The molecule has 0 spiro atoms. The van der Waals surface area contributed by atoms with E-state index >= 15 is 0 Å². The molecule has 0 aliphatic carbocycles. The summed E-state index contributed by atoms with van der Waals surface area (Å²) >= 11 is 0. The molecule has 2 unspecified atom stereocenters. The van der Waals surface area contributed by atoms with E-state index in [1.807, 2.05) is 0 Å². The molecule has 0 amide bonds. The van der Waals surface area contributed by atoms with E-state index < -0.39 is 12.2 Å². The maximum Gasteiger partial charge on any atom is 0.305 e. The summed E-state index contributed by atoms with van der Waals surface area (Å²) in [6.45, 7) is 3.54. The van der Waals surface area contributed by atoms with Gasteiger partial charge in [0.2, 0.25) is 0 Å². The maximum atomic E-state index is 11.3. The second-order valence-corrected chi connectivity index (χ2v) is 11.6. The van der Waals surface area contributed by atoms with Crippen LogP contribution in [0.15, 0.2) is 0 Å². The summed E-state index contributed by atoms with van der Waals surface area (Å²) in [6.07, 6.45) is 26.5. The van der Waals surface area contributed by atoms with Crippen LogP contribution in [0.5, 0.6) is 0 Å². The maximum absolute atomic E-state index is 11.3. The van der Waals surface area contributed by atoms with Gasteiger partial charge < -0.3 is 29.9 Å². The minimum atomic E-state index is -0.953. The second-order valence-electron chi connectivity index (χ2n) is 11.6. The van der Waals surface area contributed by atoms with Gasteiger partial charge in [-0.05, 0) is 12.8 Å². The Labute approximate surface area is 258 Å². The van der Waals surface area contributed by atoms with E-state index in [0.717, 1.165) is 25.7 Å². The number of esters is 2. The molecule has 0 aromatic carbocycles. The zero-order valence-corrected chi connectivity index (χ0v) is 27.4. The number of aliphatic hydroxyl groups excluding tert-OH is 4. The van der Waals surface area contributed by atoms with Crippen LogP contribution in [0.4, 0.5) is 0 Å². The van der Waals surface area contributed by atoms with Gasteiger partial charge in [0.15, 0.2) is 0 Å². The lowest BCUT2D eigenvalue weighted by Crippen LogP contribution is -2.21. The van der Waals surface area contributed by atoms with Crippen molar-refractivity contribution in [1.29, 1.82) is 0 Å². The van der Waals surface area contributed by atoms with E-state index in [2.05, 4.69) is 13.8 Å². The molecule has 42 heavy (non-hydrogen) atoms. The number of hydrogen-bond donors (Lipinski definition) is 4. The van der Waals surface area contributed by atoms with Crippen molar-refractivity contribution in [3.63, 3.8) is 0 Å². The number of ether oxygens (including phenoxy) is 2. The molecule has 0 heterocycles. The molecule has 0 radical (unpaired) electrons. The Morgan fingerprint density at radius 3 is 0.929 bits per heavy atom. The number of carbonyl (C=O) groups is 2. The van der Waals surface area contributed by atoms with Crippen LogP contribution in [0.25, 0.3) is 0 Å². The van der Waals surface area contributed by atoms with Crippen LogP contribution < -0.4 is 0 Å². The monoisotopic (exact) mass is 604 g/mol. The fraction of sp³-hybridized carbons (Fsp3) is 0.941. The normalized spacial score (nSPS) is 12.3. The van der Waals surface area contributed by atoms with Gasteiger partial charge in [-0.15, -0.1) is 0 Å². The highest BCUT2D eigenvalue weighted by atomic mass is 16.5. The van der Waals surface area contributed by atoms with Crippen molar-refractivity contribution in [2.75, 3.05) is 26.4 Å². The average molecular weight is 605 g/mol. The lowest BCUT2D eigenvalue weighted by Gasteiger charge is -2.08. The summed E-state index contributed by atoms with van der Waals surface area (Å²) in [6, 6.07) is 0. The molecule has 4 N–H and O–H groups in total. The first-order valence-electron chi connectivity index (χ1n) is 17.3. The minimum absolute atomic E-state index is 0.104. The van der Waals surface area contributed by atoms with Crippen LogP contribution in [0.2, 0.25) is 0 Å². The number of rotatable bonds is 30.